The first-order valence-corrected chi connectivity index (χ1v) is 14.9. The fourth-order valence-corrected chi connectivity index (χ4v) is 5.95. The van der Waals surface area contributed by atoms with Gasteiger partial charge in [0.1, 0.15) is 0 Å². The topological polar surface area (TPSA) is 109 Å². The maximum atomic E-state index is 13.5. The molecule has 222 valence electrons. The van der Waals surface area contributed by atoms with E-state index in [0.717, 1.165) is 61.2 Å². The van der Waals surface area contributed by atoms with Crippen molar-refractivity contribution >= 4 is 51.6 Å². The monoisotopic (exact) mass is 598 g/mol. The molecule has 10 nitrogen and oxygen atoms in total. The normalized spacial score (nSPS) is 16.3. The molecule has 43 heavy (non-hydrogen) atoms. The lowest BCUT2D eigenvalue weighted by Gasteiger charge is -2.35. The first kappa shape index (κ1) is 28.7. The van der Waals surface area contributed by atoms with Gasteiger partial charge in [0.15, 0.2) is 0 Å². The van der Waals surface area contributed by atoms with Gasteiger partial charge in [0.2, 0.25) is 11.9 Å². The van der Waals surface area contributed by atoms with Crippen molar-refractivity contribution < 1.29 is 9.59 Å². The summed E-state index contributed by atoms with van der Waals surface area (Å²) in [5.41, 5.74) is 4.70. The summed E-state index contributed by atoms with van der Waals surface area (Å²) in [5, 5.41) is 7.89. The largest absolute Gasteiger partial charge is 0.367 e. The summed E-state index contributed by atoms with van der Waals surface area (Å²) >= 11 is 6.51. The van der Waals surface area contributed by atoms with Crippen LogP contribution in [0.4, 0.5) is 17.3 Å². The molecule has 0 radical (unpaired) electrons. The molecule has 6 rings (SSSR count). The molecule has 2 saturated heterocycles. The Bertz CT molecular complexity index is 1650. The minimum atomic E-state index is -0.302. The zero-order valence-corrected chi connectivity index (χ0v) is 24.9. The van der Waals surface area contributed by atoms with Crippen LogP contribution in [0.5, 0.6) is 0 Å². The number of halogens is 1. The average molecular weight is 599 g/mol. The number of aromatic amines is 1. The molecule has 0 atom stereocenters. The van der Waals surface area contributed by atoms with Gasteiger partial charge >= 0.3 is 0 Å². The van der Waals surface area contributed by atoms with E-state index in [-0.39, 0.29) is 17.9 Å². The highest BCUT2D eigenvalue weighted by Gasteiger charge is 2.26. The Hall–Kier alpha value is -4.41. The molecule has 0 saturated carbocycles. The fourth-order valence-electron chi connectivity index (χ4n) is 5.76. The molecule has 0 aliphatic carbocycles. The van der Waals surface area contributed by atoms with E-state index in [4.69, 9.17) is 16.6 Å². The van der Waals surface area contributed by atoms with Gasteiger partial charge in [-0.15, -0.1) is 0 Å². The number of benzene rings is 2. The van der Waals surface area contributed by atoms with E-state index in [9.17, 15) is 9.59 Å². The van der Waals surface area contributed by atoms with Crippen LogP contribution in [0, 0.1) is 0 Å². The number of para-hydroxylation sites is 1. The highest BCUT2D eigenvalue weighted by molar-refractivity contribution is 6.33. The minimum Gasteiger partial charge on any atom is -0.367 e. The standard InChI is InChI=1S/C32H35ClN8O2/c1-3-29(42)37-27-18-21(8-9-28(27)40-16-14-39(2)15-17-40)31(43)41-12-10-22(11-13-41)36-32-35-20-25(33)30(38-32)24-19-34-26-7-5-4-6-23(24)26/h3-9,18-20,22,34H,1,10-17H2,2H3,(H,37,42)(H,35,36,38). The molecule has 2 aromatic heterocycles. The van der Waals surface area contributed by atoms with Crippen molar-refractivity contribution in [3.63, 3.8) is 0 Å². The summed E-state index contributed by atoms with van der Waals surface area (Å²) in [6, 6.07) is 13.7. The number of nitrogens with zero attached hydrogens (tertiary/aromatic N) is 5. The maximum Gasteiger partial charge on any atom is 0.253 e. The van der Waals surface area contributed by atoms with Crippen LogP contribution in [-0.2, 0) is 4.79 Å². The molecular weight excluding hydrogens is 564 g/mol. The Balaban J connectivity index is 1.12. The number of fused-ring (bicyclic) bond motifs is 1. The fraction of sp³-hybridized carbons (Fsp3) is 0.312. The van der Waals surface area contributed by atoms with Crippen LogP contribution in [0.3, 0.4) is 0 Å². The first-order valence-electron chi connectivity index (χ1n) is 14.6. The Morgan fingerprint density at radius 1 is 1.07 bits per heavy atom. The molecule has 4 heterocycles. The molecule has 0 spiro atoms. The van der Waals surface area contributed by atoms with Crippen molar-refractivity contribution in [3.05, 3.63) is 78.1 Å². The van der Waals surface area contributed by atoms with Gasteiger partial charge in [-0.3, -0.25) is 9.59 Å². The zero-order valence-electron chi connectivity index (χ0n) is 24.1. The number of H-pyrrole nitrogens is 1. The predicted molar refractivity (Wildman–Crippen MR) is 172 cm³/mol. The highest BCUT2D eigenvalue weighted by Crippen LogP contribution is 2.33. The maximum absolute atomic E-state index is 13.5. The lowest BCUT2D eigenvalue weighted by molar-refractivity contribution is -0.111. The number of hydrogen-bond acceptors (Lipinski definition) is 7. The lowest BCUT2D eigenvalue weighted by Crippen LogP contribution is -2.45. The number of anilines is 3. The molecule has 4 aromatic rings. The number of likely N-dealkylation sites (tertiary alicyclic amines) is 1. The SMILES string of the molecule is C=CC(=O)Nc1cc(C(=O)N2CCC(Nc3ncc(Cl)c(-c4c[nH]c5ccccc45)n3)CC2)ccc1N1CCN(C)CC1. The zero-order chi connectivity index (χ0) is 29.9. The first-order chi connectivity index (χ1) is 20.9. The summed E-state index contributed by atoms with van der Waals surface area (Å²) in [4.78, 5) is 44.6. The third kappa shape index (κ3) is 6.21. The number of nitrogens with one attached hydrogen (secondary N) is 3. The summed E-state index contributed by atoms with van der Waals surface area (Å²) in [5.74, 6) is 0.155. The second-order valence-corrected chi connectivity index (χ2v) is 11.5. The number of rotatable bonds is 7. The third-order valence-electron chi connectivity index (χ3n) is 8.23. The van der Waals surface area contributed by atoms with E-state index in [0.29, 0.717) is 41.0 Å². The summed E-state index contributed by atoms with van der Waals surface area (Å²) in [6.07, 6.45) is 6.28. The van der Waals surface area contributed by atoms with Gasteiger partial charge in [-0.2, -0.15) is 0 Å². The molecule has 11 heteroatoms. The number of hydrogen-bond donors (Lipinski definition) is 3. The van der Waals surface area contributed by atoms with Crippen molar-refractivity contribution in [2.45, 2.75) is 18.9 Å². The number of likely N-dealkylation sites (N-methyl/N-ethyl adjacent to an activating group) is 1. The summed E-state index contributed by atoms with van der Waals surface area (Å²) in [6.45, 7) is 8.33. The van der Waals surface area contributed by atoms with E-state index < -0.39 is 0 Å². The van der Waals surface area contributed by atoms with Crippen LogP contribution in [-0.4, -0.2) is 88.9 Å². The second kappa shape index (κ2) is 12.4. The number of amides is 2. The smallest absolute Gasteiger partial charge is 0.253 e. The minimum absolute atomic E-state index is 0.0538. The predicted octanol–water partition coefficient (Wildman–Crippen LogP) is 4.87. The molecule has 2 aromatic carbocycles. The van der Waals surface area contributed by atoms with Gasteiger partial charge in [0.25, 0.3) is 5.91 Å². The van der Waals surface area contributed by atoms with Crippen molar-refractivity contribution in [2.24, 2.45) is 0 Å². The molecule has 2 aliphatic rings. The number of piperidine rings is 1. The van der Waals surface area contributed by atoms with Gasteiger partial charge in [-0.25, -0.2) is 9.97 Å². The van der Waals surface area contributed by atoms with Crippen LogP contribution in [0.1, 0.15) is 23.2 Å². The van der Waals surface area contributed by atoms with Gasteiger partial charge in [0.05, 0.1) is 28.3 Å². The van der Waals surface area contributed by atoms with Gasteiger partial charge < -0.3 is 30.3 Å². The van der Waals surface area contributed by atoms with Gasteiger partial charge in [0, 0.05) is 73.5 Å². The van der Waals surface area contributed by atoms with Crippen molar-refractivity contribution in [2.75, 3.05) is 61.8 Å². The van der Waals surface area contributed by atoms with Gasteiger partial charge in [-0.05, 0) is 50.2 Å². The van der Waals surface area contributed by atoms with E-state index in [2.05, 4.69) is 44.0 Å². The highest BCUT2D eigenvalue weighted by atomic mass is 35.5. The molecule has 0 unspecified atom stereocenters. The van der Waals surface area contributed by atoms with E-state index in [1.54, 1.807) is 12.3 Å². The third-order valence-corrected chi connectivity index (χ3v) is 8.51. The lowest BCUT2D eigenvalue weighted by atomic mass is 10.0. The molecule has 0 bridgehead atoms. The Morgan fingerprint density at radius 2 is 1.84 bits per heavy atom. The molecule has 2 aliphatic heterocycles. The number of piperazine rings is 1. The molecule has 2 fully saturated rings. The molecule has 2 amide bonds. The summed E-state index contributed by atoms with van der Waals surface area (Å²) in [7, 11) is 2.10. The molecular formula is C32H35ClN8O2. The van der Waals surface area contributed by atoms with Crippen LogP contribution in [0.15, 0.2) is 67.5 Å². The van der Waals surface area contributed by atoms with E-state index >= 15 is 0 Å². The average Bonchev–Trinajstić information content (AvgIpc) is 3.46. The van der Waals surface area contributed by atoms with Crippen LogP contribution < -0.4 is 15.5 Å². The van der Waals surface area contributed by atoms with Crippen LogP contribution in [0.2, 0.25) is 5.02 Å². The van der Waals surface area contributed by atoms with Crippen LogP contribution in [0.25, 0.3) is 22.2 Å². The molecule has 3 N–H and O–H groups in total. The van der Waals surface area contributed by atoms with E-state index in [1.807, 2.05) is 47.5 Å². The van der Waals surface area contributed by atoms with E-state index in [1.165, 1.54) is 6.08 Å². The van der Waals surface area contributed by atoms with Crippen molar-refractivity contribution in [1.29, 1.82) is 0 Å². The van der Waals surface area contributed by atoms with Gasteiger partial charge in [-0.1, -0.05) is 36.4 Å². The van der Waals surface area contributed by atoms with Crippen LogP contribution >= 0.6 is 11.6 Å². The number of carbonyl (C=O) groups is 2. The van der Waals surface area contributed by atoms with Crippen molar-refractivity contribution in [3.8, 4) is 11.3 Å². The quantitative estimate of drug-likeness (QED) is 0.260. The Morgan fingerprint density at radius 3 is 2.60 bits per heavy atom. The number of carbonyl (C=O) groups excluding carboxylic acids is 2. The van der Waals surface area contributed by atoms with Crippen molar-refractivity contribution in [1.82, 2.24) is 24.8 Å². The second-order valence-electron chi connectivity index (χ2n) is 11.1. The number of aromatic nitrogens is 3. The Labute approximate surface area is 255 Å². The summed E-state index contributed by atoms with van der Waals surface area (Å²) < 4.78 is 0. The Kier molecular flexibility index (Phi) is 8.31.